The Morgan fingerprint density at radius 1 is 1.22 bits per heavy atom. The maximum atomic E-state index is 13.4. The lowest BCUT2D eigenvalue weighted by Gasteiger charge is -2.32. The molecule has 2 aromatic heterocycles. The molecule has 2 N–H and O–H groups in total. The molecule has 0 amide bonds. The first-order chi connectivity index (χ1) is 12.9. The van der Waals surface area contributed by atoms with Crippen LogP contribution in [-0.4, -0.2) is 26.5 Å². The Bertz CT molecular complexity index is 1090. The van der Waals surface area contributed by atoms with Crippen LogP contribution in [0.15, 0.2) is 45.6 Å². The lowest BCUT2D eigenvalue weighted by Crippen LogP contribution is -2.33. The third kappa shape index (κ3) is 3.39. The number of thiophene rings is 1. The van der Waals surface area contributed by atoms with Gasteiger partial charge < -0.3 is 10.6 Å². The van der Waals surface area contributed by atoms with Gasteiger partial charge in [-0.1, -0.05) is 18.5 Å². The first-order valence-corrected chi connectivity index (χ1v) is 11.5. The van der Waals surface area contributed by atoms with Gasteiger partial charge in [0.05, 0.1) is 22.5 Å². The standard InChI is InChI=1S/C19H20ClN3O2S2/c1-12-6-8-23(9-7-12)17-16-10-14(21)11-22-18(16)26-19(17)27(24,25)15-4-2-13(20)3-5-15/h2-5,10-12H,6-9,21H2,1H3. The number of fused-ring (bicyclic) bond motifs is 1. The molecule has 1 aliphatic heterocycles. The Morgan fingerprint density at radius 3 is 2.56 bits per heavy atom. The molecular weight excluding hydrogens is 402 g/mol. The molecule has 0 bridgehead atoms. The predicted octanol–water partition coefficient (Wildman–Crippen LogP) is 4.60. The summed E-state index contributed by atoms with van der Waals surface area (Å²) >= 11 is 7.14. The summed E-state index contributed by atoms with van der Waals surface area (Å²) in [6, 6.07) is 8.12. The number of rotatable bonds is 3. The SMILES string of the molecule is CC1CCN(c2c(S(=O)(=O)c3ccc(Cl)cc3)sc3ncc(N)cc23)CC1. The van der Waals surface area contributed by atoms with Gasteiger partial charge in [0.25, 0.3) is 0 Å². The van der Waals surface area contributed by atoms with Gasteiger partial charge >= 0.3 is 0 Å². The largest absolute Gasteiger partial charge is 0.397 e. The lowest BCUT2D eigenvalue weighted by molar-refractivity contribution is 0.438. The number of halogens is 1. The van der Waals surface area contributed by atoms with E-state index in [1.165, 1.54) is 11.3 Å². The molecule has 1 aromatic carbocycles. The molecule has 27 heavy (non-hydrogen) atoms. The minimum Gasteiger partial charge on any atom is -0.397 e. The van der Waals surface area contributed by atoms with Crippen molar-refractivity contribution in [1.82, 2.24) is 4.98 Å². The minimum absolute atomic E-state index is 0.234. The van der Waals surface area contributed by atoms with E-state index in [1.54, 1.807) is 30.5 Å². The fraction of sp³-hybridized carbons (Fsp3) is 0.316. The Morgan fingerprint density at radius 2 is 1.89 bits per heavy atom. The number of nitrogens with two attached hydrogens (primary N) is 1. The van der Waals surface area contributed by atoms with Crippen molar-refractivity contribution in [2.75, 3.05) is 23.7 Å². The second-order valence-electron chi connectivity index (χ2n) is 6.99. The van der Waals surface area contributed by atoms with E-state index in [1.807, 2.05) is 6.07 Å². The van der Waals surface area contributed by atoms with Crippen LogP contribution in [0.25, 0.3) is 10.2 Å². The number of sulfone groups is 1. The number of anilines is 2. The van der Waals surface area contributed by atoms with Crippen LogP contribution in [0.3, 0.4) is 0 Å². The molecule has 1 fully saturated rings. The number of piperidine rings is 1. The zero-order valence-electron chi connectivity index (χ0n) is 14.9. The molecule has 142 valence electrons. The first-order valence-electron chi connectivity index (χ1n) is 8.80. The second-order valence-corrected chi connectivity index (χ2v) is 10.6. The van der Waals surface area contributed by atoms with Gasteiger partial charge in [-0.25, -0.2) is 13.4 Å². The van der Waals surface area contributed by atoms with Crippen LogP contribution in [0, 0.1) is 5.92 Å². The van der Waals surface area contributed by atoms with Crippen molar-refractivity contribution in [3.8, 4) is 0 Å². The van der Waals surface area contributed by atoms with E-state index < -0.39 is 9.84 Å². The summed E-state index contributed by atoms with van der Waals surface area (Å²) < 4.78 is 27.1. The molecule has 8 heteroatoms. The van der Waals surface area contributed by atoms with Gasteiger partial charge in [-0.3, -0.25) is 0 Å². The summed E-state index contributed by atoms with van der Waals surface area (Å²) in [5, 5.41) is 1.31. The zero-order chi connectivity index (χ0) is 19.2. The van der Waals surface area contributed by atoms with E-state index in [-0.39, 0.29) is 4.90 Å². The molecule has 5 nitrogen and oxygen atoms in total. The Balaban J connectivity index is 1.91. The summed E-state index contributed by atoms with van der Waals surface area (Å²) in [6.07, 6.45) is 3.64. The minimum atomic E-state index is -3.69. The topological polar surface area (TPSA) is 76.3 Å². The fourth-order valence-electron chi connectivity index (χ4n) is 3.40. The Kier molecular flexibility index (Phi) is 4.78. The van der Waals surface area contributed by atoms with Crippen LogP contribution in [0.4, 0.5) is 11.4 Å². The molecule has 0 aliphatic carbocycles. The van der Waals surface area contributed by atoms with Crippen molar-refractivity contribution < 1.29 is 8.42 Å². The normalized spacial score (nSPS) is 16.1. The zero-order valence-corrected chi connectivity index (χ0v) is 17.2. The highest BCUT2D eigenvalue weighted by Gasteiger charge is 2.31. The van der Waals surface area contributed by atoms with Gasteiger partial charge in [0.2, 0.25) is 9.84 Å². The van der Waals surface area contributed by atoms with Crippen LogP contribution in [0.1, 0.15) is 19.8 Å². The maximum absolute atomic E-state index is 13.4. The van der Waals surface area contributed by atoms with E-state index in [0.29, 0.717) is 25.7 Å². The molecule has 0 radical (unpaired) electrons. The third-order valence-corrected chi connectivity index (χ3v) is 8.61. The van der Waals surface area contributed by atoms with Gasteiger partial charge in [0.1, 0.15) is 4.83 Å². The molecule has 0 saturated carbocycles. The summed E-state index contributed by atoms with van der Waals surface area (Å²) in [4.78, 5) is 7.46. The number of nitrogens with zero attached hydrogens (tertiary/aromatic N) is 2. The molecule has 0 spiro atoms. The number of hydrogen-bond acceptors (Lipinski definition) is 6. The monoisotopic (exact) mass is 421 g/mol. The molecule has 3 heterocycles. The van der Waals surface area contributed by atoms with Crippen LogP contribution in [0.5, 0.6) is 0 Å². The molecule has 4 rings (SSSR count). The van der Waals surface area contributed by atoms with Gasteiger partial charge in [-0.05, 0) is 49.1 Å². The molecule has 3 aromatic rings. The smallest absolute Gasteiger partial charge is 0.218 e. The summed E-state index contributed by atoms with van der Waals surface area (Å²) in [5.74, 6) is 0.644. The third-order valence-electron chi connectivity index (χ3n) is 4.98. The summed E-state index contributed by atoms with van der Waals surface area (Å²) in [7, 11) is -3.69. The van der Waals surface area contributed by atoms with Crippen molar-refractivity contribution in [2.45, 2.75) is 28.9 Å². The highest BCUT2D eigenvalue weighted by Crippen LogP contribution is 2.44. The van der Waals surface area contributed by atoms with Crippen molar-refractivity contribution in [1.29, 1.82) is 0 Å². The van der Waals surface area contributed by atoms with Crippen molar-refractivity contribution in [3.05, 3.63) is 41.6 Å². The molecule has 1 saturated heterocycles. The van der Waals surface area contributed by atoms with Crippen LogP contribution < -0.4 is 10.6 Å². The lowest BCUT2D eigenvalue weighted by atomic mass is 9.99. The van der Waals surface area contributed by atoms with Gasteiger partial charge in [0.15, 0.2) is 4.21 Å². The van der Waals surface area contributed by atoms with Crippen LogP contribution >= 0.6 is 22.9 Å². The first kappa shape index (κ1) is 18.5. The van der Waals surface area contributed by atoms with E-state index in [0.717, 1.165) is 37.0 Å². The molecule has 0 unspecified atom stereocenters. The van der Waals surface area contributed by atoms with E-state index in [4.69, 9.17) is 17.3 Å². The average Bonchev–Trinajstić information content (AvgIpc) is 3.02. The van der Waals surface area contributed by atoms with Gasteiger partial charge in [-0.2, -0.15) is 0 Å². The Hall–Kier alpha value is -1.83. The van der Waals surface area contributed by atoms with Gasteiger partial charge in [0, 0.05) is 23.5 Å². The van der Waals surface area contributed by atoms with Crippen LogP contribution in [0.2, 0.25) is 5.02 Å². The fourth-order valence-corrected chi connectivity index (χ4v) is 6.57. The van der Waals surface area contributed by atoms with Crippen molar-refractivity contribution in [2.24, 2.45) is 5.92 Å². The van der Waals surface area contributed by atoms with E-state index in [2.05, 4.69) is 16.8 Å². The summed E-state index contributed by atoms with van der Waals surface area (Å²) in [5.41, 5.74) is 7.21. The van der Waals surface area contributed by atoms with Crippen molar-refractivity contribution in [3.63, 3.8) is 0 Å². The number of hydrogen-bond donors (Lipinski definition) is 1. The number of pyridine rings is 1. The van der Waals surface area contributed by atoms with E-state index >= 15 is 0 Å². The molecular formula is C19H20ClN3O2S2. The highest BCUT2D eigenvalue weighted by atomic mass is 35.5. The predicted molar refractivity (Wildman–Crippen MR) is 112 cm³/mol. The molecule has 1 aliphatic rings. The van der Waals surface area contributed by atoms with Crippen LogP contribution in [-0.2, 0) is 9.84 Å². The summed E-state index contributed by atoms with van der Waals surface area (Å²) in [6.45, 7) is 3.88. The quantitative estimate of drug-likeness (QED) is 0.668. The second kappa shape index (κ2) is 6.96. The average molecular weight is 422 g/mol. The number of nitrogen functional groups attached to an aromatic ring is 1. The van der Waals surface area contributed by atoms with E-state index in [9.17, 15) is 8.42 Å². The number of aromatic nitrogens is 1. The van der Waals surface area contributed by atoms with Gasteiger partial charge in [-0.15, -0.1) is 11.3 Å². The highest BCUT2D eigenvalue weighted by molar-refractivity contribution is 7.93. The maximum Gasteiger partial charge on any atom is 0.218 e. The Labute approximate surface area is 167 Å². The molecule has 0 atom stereocenters. The number of benzene rings is 1. The van der Waals surface area contributed by atoms with Crippen molar-refractivity contribution >= 4 is 54.4 Å².